The number of carbonyl (C=O) groups is 3. The van der Waals surface area contributed by atoms with Crippen LogP contribution in [0.2, 0.25) is 0 Å². The molecular weight excluding hydrogens is 566 g/mol. The van der Waals surface area contributed by atoms with Crippen molar-refractivity contribution >= 4 is 17.7 Å². The van der Waals surface area contributed by atoms with Crippen LogP contribution in [0.15, 0.2) is 60.7 Å². The second kappa shape index (κ2) is 13.2. The fourth-order valence-corrected chi connectivity index (χ4v) is 5.56. The van der Waals surface area contributed by atoms with Crippen molar-refractivity contribution in [3.05, 3.63) is 77.4 Å². The molecule has 6 aliphatic rings. The van der Waals surface area contributed by atoms with Crippen molar-refractivity contribution in [3.63, 3.8) is 0 Å². The van der Waals surface area contributed by atoms with Crippen LogP contribution in [0.3, 0.4) is 0 Å². The van der Waals surface area contributed by atoms with Crippen molar-refractivity contribution in [1.29, 1.82) is 0 Å². The van der Waals surface area contributed by atoms with Gasteiger partial charge >= 0.3 is 0 Å². The third-order valence-electron chi connectivity index (χ3n) is 7.97. The van der Waals surface area contributed by atoms with E-state index in [1.165, 1.54) is 7.11 Å². The molecule has 0 radical (unpaired) electrons. The molecule has 11 heteroatoms. The molecule has 2 N–H and O–H groups in total. The van der Waals surface area contributed by atoms with Crippen LogP contribution in [0.1, 0.15) is 29.5 Å². The highest BCUT2D eigenvalue weighted by molar-refractivity contribution is 5.80. The number of methoxy groups -OCH3 is 1. The first-order chi connectivity index (χ1) is 21.4. The van der Waals surface area contributed by atoms with Crippen LogP contribution in [0.4, 0.5) is 0 Å². The maximum atomic E-state index is 13.4. The van der Waals surface area contributed by atoms with Crippen LogP contribution in [0, 0.1) is 0 Å². The second-order valence-electron chi connectivity index (χ2n) is 11.0. The molecular formula is C33H35N3O8. The van der Waals surface area contributed by atoms with Gasteiger partial charge in [0.2, 0.25) is 18.6 Å². The smallest absolute Gasteiger partial charge is 0.258 e. The predicted octanol–water partition coefficient (Wildman–Crippen LogP) is 2.77. The molecule has 0 aliphatic carbocycles. The number of benzene rings is 3. The van der Waals surface area contributed by atoms with Crippen molar-refractivity contribution in [3.8, 4) is 28.7 Å². The number of fused-ring (bicyclic) bond motifs is 1. The van der Waals surface area contributed by atoms with E-state index in [4.69, 9.17) is 23.7 Å². The molecule has 3 amide bonds. The molecule has 6 aliphatic heterocycles. The highest BCUT2D eigenvalue weighted by atomic mass is 16.7. The Kier molecular flexibility index (Phi) is 8.71. The zero-order valence-electron chi connectivity index (χ0n) is 24.5. The summed E-state index contributed by atoms with van der Waals surface area (Å²) in [5.74, 6) is 2.36. The van der Waals surface area contributed by atoms with Gasteiger partial charge in [0.15, 0.2) is 29.6 Å². The van der Waals surface area contributed by atoms with Crippen molar-refractivity contribution in [2.45, 2.75) is 44.4 Å². The highest BCUT2D eigenvalue weighted by Crippen LogP contribution is 2.33. The van der Waals surface area contributed by atoms with E-state index in [1.807, 2.05) is 54.6 Å². The molecule has 3 aromatic carbocycles. The molecule has 1 fully saturated rings. The summed E-state index contributed by atoms with van der Waals surface area (Å²) in [7, 11) is 1.53. The Morgan fingerprint density at radius 2 is 1.70 bits per heavy atom. The van der Waals surface area contributed by atoms with Crippen LogP contribution in [-0.2, 0) is 33.8 Å². The van der Waals surface area contributed by atoms with Crippen LogP contribution >= 0.6 is 0 Å². The van der Waals surface area contributed by atoms with E-state index in [0.717, 1.165) is 16.7 Å². The average molecular weight is 602 g/mol. The second-order valence-corrected chi connectivity index (χ2v) is 11.0. The first-order valence-corrected chi connectivity index (χ1v) is 14.7. The molecule has 44 heavy (non-hydrogen) atoms. The maximum Gasteiger partial charge on any atom is 0.258 e. The topological polar surface area (TPSA) is 125 Å². The largest absolute Gasteiger partial charge is 0.493 e. The maximum absolute atomic E-state index is 13.4. The monoisotopic (exact) mass is 601 g/mol. The van der Waals surface area contributed by atoms with Crippen LogP contribution in [0.5, 0.6) is 28.7 Å². The SMILES string of the molecule is COc1cc2ccc1OCC(=O)N[C@@H]1CN(C(=O)Cc3ccc4c(c3)OCO4)CC[C@H]1Oc1ccc(cc1)CNC(=O)CC2. The fourth-order valence-electron chi connectivity index (χ4n) is 5.56. The van der Waals surface area contributed by atoms with Gasteiger partial charge in [-0.25, -0.2) is 0 Å². The lowest BCUT2D eigenvalue weighted by atomic mass is 10.0. The van der Waals surface area contributed by atoms with E-state index in [2.05, 4.69) is 10.6 Å². The van der Waals surface area contributed by atoms with Gasteiger partial charge in [-0.3, -0.25) is 14.4 Å². The highest BCUT2D eigenvalue weighted by Gasteiger charge is 2.34. The Morgan fingerprint density at radius 1 is 0.909 bits per heavy atom. The summed E-state index contributed by atoms with van der Waals surface area (Å²) in [6.07, 6.45) is 1.19. The minimum atomic E-state index is -0.477. The minimum Gasteiger partial charge on any atom is -0.493 e. The lowest BCUT2D eigenvalue weighted by Crippen LogP contribution is -2.58. The van der Waals surface area contributed by atoms with Gasteiger partial charge in [0.25, 0.3) is 5.91 Å². The number of aryl methyl sites for hydroxylation is 1. The van der Waals surface area contributed by atoms with Crippen molar-refractivity contribution in [2.24, 2.45) is 0 Å². The molecule has 0 aromatic heterocycles. The predicted molar refractivity (Wildman–Crippen MR) is 159 cm³/mol. The molecule has 1 saturated heterocycles. The van der Waals surface area contributed by atoms with Gasteiger partial charge in [0.05, 0.1) is 19.6 Å². The van der Waals surface area contributed by atoms with Crippen molar-refractivity contribution in [2.75, 3.05) is 33.6 Å². The Labute approximate surface area is 255 Å². The average Bonchev–Trinajstić information content (AvgIpc) is 3.51. The number of amides is 3. The van der Waals surface area contributed by atoms with E-state index in [0.29, 0.717) is 61.1 Å². The zero-order chi connectivity index (χ0) is 30.5. The molecule has 230 valence electrons. The summed E-state index contributed by atoms with van der Waals surface area (Å²) < 4.78 is 28.5. The third-order valence-corrected chi connectivity index (χ3v) is 7.97. The lowest BCUT2D eigenvalue weighted by molar-refractivity contribution is -0.135. The number of hydrogen-bond donors (Lipinski definition) is 2. The number of ether oxygens (including phenoxy) is 5. The Morgan fingerprint density at radius 3 is 2.55 bits per heavy atom. The lowest BCUT2D eigenvalue weighted by Gasteiger charge is -2.39. The molecule has 4 bridgehead atoms. The summed E-state index contributed by atoms with van der Waals surface area (Å²) in [6, 6.07) is 17.9. The van der Waals surface area contributed by atoms with Gasteiger partial charge < -0.3 is 39.2 Å². The van der Waals surface area contributed by atoms with E-state index < -0.39 is 6.04 Å². The van der Waals surface area contributed by atoms with Crippen molar-refractivity contribution < 1.29 is 38.1 Å². The Bertz CT molecular complexity index is 1530. The van der Waals surface area contributed by atoms with Crippen LogP contribution in [0.25, 0.3) is 0 Å². The van der Waals surface area contributed by atoms with Crippen molar-refractivity contribution in [1.82, 2.24) is 15.5 Å². The summed E-state index contributed by atoms with van der Waals surface area (Å²) in [5.41, 5.74) is 2.68. The van der Waals surface area contributed by atoms with Crippen LogP contribution in [-0.4, -0.2) is 68.4 Å². The molecule has 11 nitrogen and oxygen atoms in total. The summed E-state index contributed by atoms with van der Waals surface area (Å²) in [6.45, 7) is 1.08. The number of nitrogens with zero attached hydrogens (tertiary/aromatic N) is 1. The van der Waals surface area contributed by atoms with Gasteiger partial charge in [0.1, 0.15) is 11.9 Å². The number of hydrogen-bond acceptors (Lipinski definition) is 8. The molecule has 0 spiro atoms. The molecule has 0 unspecified atom stereocenters. The van der Waals surface area contributed by atoms with E-state index >= 15 is 0 Å². The summed E-state index contributed by atoms with van der Waals surface area (Å²) in [5, 5.41) is 6.00. The molecule has 2 atom stereocenters. The van der Waals surface area contributed by atoms with Crippen LogP contribution < -0.4 is 34.3 Å². The Balaban J connectivity index is 1.19. The summed E-state index contributed by atoms with van der Waals surface area (Å²) in [4.78, 5) is 40.7. The fraction of sp³-hybridized carbons (Fsp3) is 0.364. The van der Waals surface area contributed by atoms with Gasteiger partial charge in [-0.2, -0.15) is 0 Å². The van der Waals surface area contributed by atoms with Gasteiger partial charge in [0, 0.05) is 32.5 Å². The van der Waals surface area contributed by atoms with Gasteiger partial charge in [-0.1, -0.05) is 24.3 Å². The first-order valence-electron chi connectivity index (χ1n) is 14.7. The summed E-state index contributed by atoms with van der Waals surface area (Å²) >= 11 is 0. The number of nitrogens with one attached hydrogen (secondary N) is 2. The number of rotatable bonds is 3. The molecule has 3 aromatic rings. The minimum absolute atomic E-state index is 0.0571. The zero-order valence-corrected chi connectivity index (χ0v) is 24.5. The number of likely N-dealkylation sites (tertiary alicyclic amines) is 1. The van der Waals surface area contributed by atoms with Gasteiger partial charge in [-0.05, 0) is 59.5 Å². The molecule has 6 heterocycles. The molecule has 0 saturated carbocycles. The van der Waals surface area contributed by atoms with E-state index in [1.54, 1.807) is 11.0 Å². The first kappa shape index (κ1) is 29.2. The normalized spacial score (nSPS) is 20.1. The Hall–Kier alpha value is -4.93. The standard InChI is InChI=1S/C33H35N3O8/c1-40-29-14-21-4-9-27(29)41-19-32(38)35-25-18-36(33(39)16-23-5-10-28-30(15-23)43-20-42-28)13-12-26(25)44-24-7-2-22(3-8-24)17-34-31(37)11-6-21/h2-5,7-10,14-15,25-26H,6,11-13,16-20H2,1H3,(H,34,37)(H,35,38)/t25-,26-/m1/s1. The van der Waals surface area contributed by atoms with E-state index in [-0.39, 0.29) is 50.2 Å². The quantitative estimate of drug-likeness (QED) is 0.470. The number of carbonyl (C=O) groups excluding carboxylic acids is 3. The number of piperidine rings is 1. The van der Waals surface area contributed by atoms with Gasteiger partial charge in [-0.15, -0.1) is 0 Å². The molecule has 9 rings (SSSR count). The third kappa shape index (κ3) is 6.99. The van der Waals surface area contributed by atoms with E-state index in [9.17, 15) is 14.4 Å².